The van der Waals surface area contributed by atoms with E-state index >= 15 is 4.39 Å². The molecule has 0 spiro atoms. The fraction of sp³-hybridized carbons (Fsp3) is 0.378. The number of hydrogen-bond donors (Lipinski definition) is 2. The number of H-pyrrole nitrogens is 1. The summed E-state index contributed by atoms with van der Waals surface area (Å²) in [5.74, 6) is -1.42. The molecule has 1 atom stereocenters. The van der Waals surface area contributed by atoms with E-state index in [1.54, 1.807) is 18.2 Å². The molecular formula is C45H47ClF2N6O7S. The van der Waals surface area contributed by atoms with Gasteiger partial charge < -0.3 is 23.7 Å². The zero-order valence-electron chi connectivity index (χ0n) is 34.4. The lowest BCUT2D eigenvalue weighted by molar-refractivity contribution is -0.386. The first-order valence-electron chi connectivity index (χ1n) is 20.5. The molecule has 17 heteroatoms. The molecule has 0 radical (unpaired) electrons. The number of anilines is 1. The van der Waals surface area contributed by atoms with Crippen LogP contribution in [0.15, 0.2) is 89.5 Å². The number of ether oxygens (including phenoxy) is 3. The number of nitrogens with zero attached hydrogens (tertiary/aromatic N) is 4. The van der Waals surface area contributed by atoms with E-state index in [1.165, 1.54) is 47.2 Å². The highest BCUT2D eigenvalue weighted by Crippen LogP contribution is 2.44. The van der Waals surface area contributed by atoms with Crippen LogP contribution < -0.4 is 19.1 Å². The van der Waals surface area contributed by atoms with Crippen molar-refractivity contribution in [3.05, 3.63) is 117 Å². The number of allylic oxidation sites excluding steroid dienone is 1. The van der Waals surface area contributed by atoms with Gasteiger partial charge in [0.2, 0.25) is 0 Å². The number of fused-ring (bicyclic) bond motifs is 1. The van der Waals surface area contributed by atoms with E-state index in [0.29, 0.717) is 29.0 Å². The maximum absolute atomic E-state index is 15.2. The van der Waals surface area contributed by atoms with E-state index in [-0.39, 0.29) is 59.2 Å². The predicted molar refractivity (Wildman–Crippen MR) is 234 cm³/mol. The molecule has 1 aromatic heterocycles. The quantitative estimate of drug-likeness (QED) is 0.0664. The third-order valence-electron chi connectivity index (χ3n) is 11.8. The summed E-state index contributed by atoms with van der Waals surface area (Å²) in [7, 11) is 0. The molecule has 2 fully saturated rings. The first-order chi connectivity index (χ1) is 29.7. The van der Waals surface area contributed by atoms with Gasteiger partial charge in [0.05, 0.1) is 33.7 Å². The number of carbonyl (C=O) groups excluding carboxylic acids is 1. The Morgan fingerprint density at radius 2 is 1.76 bits per heavy atom. The number of piperazine rings is 1. The van der Waals surface area contributed by atoms with Gasteiger partial charge in [-0.05, 0) is 78.3 Å². The van der Waals surface area contributed by atoms with Crippen LogP contribution in [0.25, 0.3) is 16.5 Å². The molecule has 4 aromatic carbocycles. The van der Waals surface area contributed by atoms with E-state index in [2.05, 4.69) is 50.7 Å². The topological polar surface area (TPSA) is 158 Å². The Bertz CT molecular complexity index is 2490. The number of alkyl halides is 1. The Hall–Kier alpha value is -5.26. The van der Waals surface area contributed by atoms with Crippen molar-refractivity contribution in [2.75, 3.05) is 57.4 Å². The number of aromatic amines is 1. The molecule has 0 saturated carbocycles. The van der Waals surface area contributed by atoms with Crippen LogP contribution in [0.2, 0.25) is 5.02 Å². The first kappa shape index (κ1) is 43.4. The summed E-state index contributed by atoms with van der Waals surface area (Å²) in [4.78, 5) is 29.8. The minimum atomic E-state index is -2.28. The van der Waals surface area contributed by atoms with Crippen molar-refractivity contribution >= 4 is 56.7 Å². The third kappa shape index (κ3) is 10.00. The highest BCUT2D eigenvalue weighted by molar-refractivity contribution is 7.90. The summed E-state index contributed by atoms with van der Waals surface area (Å²) in [5, 5.41) is 20.0. The normalized spacial score (nSPS) is 18.4. The molecule has 326 valence electrons. The van der Waals surface area contributed by atoms with Crippen LogP contribution in [0.4, 0.5) is 20.2 Å². The van der Waals surface area contributed by atoms with Gasteiger partial charge in [-0.2, -0.15) is 9.82 Å². The summed E-state index contributed by atoms with van der Waals surface area (Å²) in [6.45, 7) is 8.47. The SMILES string of the molecule is CC1(C)CCC(CN2CCN(c3ccc(C(=O)N[S+]([O-])c4ccc(OCC5(F)CCOCC5)c([N+](=O)[O-])c4)c(Oc4cc(F)cc5[nH]ncc45)c3)CC2)=C(c2ccc(Cl)cc2)C1. The number of hydrogen-bond acceptors (Lipinski definition) is 10. The molecular weight excluding hydrogens is 842 g/mol. The zero-order valence-corrected chi connectivity index (χ0v) is 36.0. The molecule has 2 N–H and O–H groups in total. The summed E-state index contributed by atoms with van der Waals surface area (Å²) in [5.41, 5.74) is 3.16. The molecule has 8 rings (SSSR count). The molecule has 3 heterocycles. The number of nitrogens with one attached hydrogen (secondary N) is 2. The number of nitro groups is 1. The standard InChI is InChI=1S/C45H47ClF2N6O7S/c1-44(2)12-11-30(36(25-44)29-3-5-31(46)6-4-29)27-52-15-17-53(18-16-52)33-7-9-35(42(23-33)61-41-22-32(47)21-38-37(41)26-49-50-38)43(55)51-62(58)34-8-10-40(39(24-34)54(56)57)60-28-45(48)13-19-59-20-14-45/h3-10,21-24,26H,11-20,25,27-28H2,1-2H3,(H,49,50)(H,51,55). The summed E-state index contributed by atoms with van der Waals surface area (Å²) < 4.78 is 63.0. The van der Waals surface area contributed by atoms with Gasteiger partial charge in [-0.25, -0.2) is 8.78 Å². The monoisotopic (exact) mass is 888 g/mol. The number of halogens is 3. The van der Waals surface area contributed by atoms with Crippen molar-refractivity contribution in [3.8, 4) is 17.2 Å². The number of amides is 1. The Balaban J connectivity index is 1.00. The third-order valence-corrected chi connectivity index (χ3v) is 13.2. The number of rotatable bonds is 13. The molecule has 5 aromatic rings. The first-order valence-corrected chi connectivity index (χ1v) is 22.0. The van der Waals surface area contributed by atoms with E-state index in [9.17, 15) is 23.9 Å². The number of benzene rings is 4. The Morgan fingerprint density at radius 1 is 1.00 bits per heavy atom. The van der Waals surface area contributed by atoms with E-state index in [1.807, 2.05) is 12.1 Å². The van der Waals surface area contributed by atoms with Crippen molar-refractivity contribution in [1.82, 2.24) is 19.8 Å². The van der Waals surface area contributed by atoms with Gasteiger partial charge in [-0.3, -0.25) is 24.9 Å². The second-order valence-corrected chi connectivity index (χ2v) is 18.5. The van der Waals surface area contributed by atoms with Crippen molar-refractivity contribution in [3.63, 3.8) is 0 Å². The summed E-state index contributed by atoms with van der Waals surface area (Å²) in [6, 6.07) is 19.2. The molecule has 13 nitrogen and oxygen atoms in total. The lowest BCUT2D eigenvalue weighted by Gasteiger charge is -2.39. The van der Waals surface area contributed by atoms with Crippen LogP contribution in [0.5, 0.6) is 17.2 Å². The molecule has 1 aliphatic carbocycles. The average molecular weight is 889 g/mol. The lowest BCUT2D eigenvalue weighted by atomic mass is 9.72. The maximum atomic E-state index is 15.2. The number of carbonyl (C=O) groups is 1. The van der Waals surface area contributed by atoms with Crippen LogP contribution in [0.1, 0.15) is 61.9 Å². The largest absolute Gasteiger partial charge is 0.588 e. The van der Waals surface area contributed by atoms with E-state index in [4.69, 9.17) is 25.8 Å². The summed E-state index contributed by atoms with van der Waals surface area (Å²) in [6.07, 6.45) is 4.81. The van der Waals surface area contributed by atoms with Gasteiger partial charge in [-0.1, -0.05) is 43.2 Å². The van der Waals surface area contributed by atoms with Gasteiger partial charge in [0.25, 0.3) is 5.91 Å². The molecule has 1 amide bonds. The molecule has 2 saturated heterocycles. The van der Waals surface area contributed by atoms with Crippen LogP contribution in [-0.2, 0) is 16.1 Å². The summed E-state index contributed by atoms with van der Waals surface area (Å²) >= 11 is 3.95. The minimum Gasteiger partial charge on any atom is -0.588 e. The van der Waals surface area contributed by atoms with E-state index in [0.717, 1.165) is 50.7 Å². The molecule has 1 unspecified atom stereocenters. The van der Waals surface area contributed by atoms with E-state index < -0.39 is 46.0 Å². The maximum Gasteiger partial charge on any atom is 0.316 e. The average Bonchev–Trinajstić information content (AvgIpc) is 3.73. The van der Waals surface area contributed by atoms with Gasteiger partial charge in [0.15, 0.2) is 10.6 Å². The van der Waals surface area contributed by atoms with Crippen molar-refractivity contribution in [2.45, 2.75) is 56.5 Å². The van der Waals surface area contributed by atoms with Crippen molar-refractivity contribution in [1.29, 1.82) is 0 Å². The second kappa shape index (κ2) is 18.2. The lowest BCUT2D eigenvalue weighted by Crippen LogP contribution is -2.47. The molecule has 2 aliphatic heterocycles. The van der Waals surface area contributed by atoms with Gasteiger partial charge in [-0.15, -0.1) is 0 Å². The van der Waals surface area contributed by atoms with Crippen LogP contribution in [-0.4, -0.2) is 88.7 Å². The van der Waals surface area contributed by atoms with Gasteiger partial charge in [0.1, 0.15) is 41.0 Å². The smallest absolute Gasteiger partial charge is 0.316 e. The van der Waals surface area contributed by atoms with Crippen LogP contribution in [0, 0.1) is 21.3 Å². The minimum absolute atomic E-state index is 0.0114. The second-order valence-electron chi connectivity index (χ2n) is 16.8. The van der Waals surface area contributed by atoms with Gasteiger partial charge >= 0.3 is 5.69 Å². The molecule has 62 heavy (non-hydrogen) atoms. The Kier molecular flexibility index (Phi) is 12.8. The Labute approximate surface area is 365 Å². The van der Waals surface area contributed by atoms with Crippen LogP contribution in [0.3, 0.4) is 0 Å². The van der Waals surface area contributed by atoms with Gasteiger partial charge in [0, 0.05) is 81.6 Å². The zero-order chi connectivity index (χ0) is 43.6. The Morgan fingerprint density at radius 3 is 2.50 bits per heavy atom. The van der Waals surface area contributed by atoms with Crippen LogP contribution >= 0.6 is 11.6 Å². The van der Waals surface area contributed by atoms with Crippen molar-refractivity contribution < 1.29 is 37.3 Å². The predicted octanol–water partition coefficient (Wildman–Crippen LogP) is 9.19. The fourth-order valence-corrected chi connectivity index (χ4v) is 9.16. The molecule has 0 bridgehead atoms. The molecule has 3 aliphatic rings. The highest BCUT2D eigenvalue weighted by Gasteiger charge is 2.35. The number of aromatic nitrogens is 2. The fourth-order valence-electron chi connectivity index (χ4n) is 8.23. The highest BCUT2D eigenvalue weighted by atomic mass is 35.5. The number of nitro benzene ring substituents is 1. The van der Waals surface area contributed by atoms with Crippen molar-refractivity contribution in [2.24, 2.45) is 5.41 Å².